The minimum Gasteiger partial charge on any atom is -0.272 e. The Bertz CT molecular complexity index is 1380. The molecule has 1 amide bonds. The number of para-hydroxylation sites is 1. The van der Waals surface area contributed by atoms with E-state index in [1.807, 2.05) is 42.5 Å². The summed E-state index contributed by atoms with van der Waals surface area (Å²) >= 11 is 2.84. The monoisotopic (exact) mass is 475 g/mol. The zero-order valence-electron chi connectivity index (χ0n) is 17.7. The smallest absolute Gasteiger partial charge is 0.267 e. The number of thioether (sulfide) groups is 1. The Morgan fingerprint density at radius 1 is 1.15 bits per heavy atom. The van der Waals surface area contributed by atoms with Gasteiger partial charge in [0.05, 0.1) is 28.7 Å². The Morgan fingerprint density at radius 3 is 2.79 bits per heavy atom. The third-order valence-corrected chi connectivity index (χ3v) is 7.50. The molecule has 3 aromatic heterocycles. The summed E-state index contributed by atoms with van der Waals surface area (Å²) in [6, 6.07) is 14.9. The molecule has 1 aliphatic rings. The van der Waals surface area contributed by atoms with Gasteiger partial charge in [-0.05, 0) is 55.5 Å². The van der Waals surface area contributed by atoms with Crippen LogP contribution in [0.15, 0.2) is 69.8 Å². The minimum absolute atomic E-state index is 0.0679. The molecule has 1 N–H and O–H groups in total. The summed E-state index contributed by atoms with van der Waals surface area (Å²) in [5.74, 6) is -0.207. The lowest BCUT2D eigenvalue weighted by Gasteiger charge is -2.13. The molecule has 166 valence electrons. The van der Waals surface area contributed by atoms with E-state index >= 15 is 0 Å². The topological polar surface area (TPSA) is 89.2 Å². The molecule has 1 aromatic carbocycles. The van der Waals surface area contributed by atoms with Gasteiger partial charge in [0.2, 0.25) is 0 Å². The van der Waals surface area contributed by atoms with Crippen LogP contribution in [0.25, 0.3) is 15.9 Å². The Kier molecular flexibility index (Phi) is 6.32. The van der Waals surface area contributed by atoms with Gasteiger partial charge in [-0.25, -0.2) is 10.4 Å². The molecule has 0 saturated carbocycles. The third kappa shape index (κ3) is 4.60. The first-order valence-corrected chi connectivity index (χ1v) is 12.5. The van der Waals surface area contributed by atoms with E-state index < -0.39 is 0 Å². The summed E-state index contributed by atoms with van der Waals surface area (Å²) in [5, 5.41) is 5.19. The van der Waals surface area contributed by atoms with Gasteiger partial charge in [-0.3, -0.25) is 19.1 Å². The zero-order valence-corrected chi connectivity index (χ0v) is 19.4. The number of aryl methyl sites for hydroxylation is 2. The predicted octanol–water partition coefficient (Wildman–Crippen LogP) is 3.96. The summed E-state index contributed by atoms with van der Waals surface area (Å²) in [5.41, 5.74) is 4.99. The lowest BCUT2D eigenvalue weighted by Crippen LogP contribution is -2.24. The number of fused-ring (bicyclic) bond motifs is 3. The Labute approximate surface area is 198 Å². The van der Waals surface area contributed by atoms with Crippen molar-refractivity contribution in [3.8, 4) is 5.69 Å². The van der Waals surface area contributed by atoms with Gasteiger partial charge in [0.25, 0.3) is 11.5 Å². The van der Waals surface area contributed by atoms with Crippen molar-refractivity contribution in [3.05, 3.63) is 81.2 Å². The summed E-state index contributed by atoms with van der Waals surface area (Å²) in [4.78, 5) is 37.0. The summed E-state index contributed by atoms with van der Waals surface area (Å²) in [6.45, 7) is 0. The predicted molar refractivity (Wildman–Crippen MR) is 133 cm³/mol. The Balaban J connectivity index is 1.44. The van der Waals surface area contributed by atoms with E-state index in [0.29, 0.717) is 10.9 Å². The van der Waals surface area contributed by atoms with E-state index in [4.69, 9.17) is 4.98 Å². The highest BCUT2D eigenvalue weighted by atomic mass is 32.2. The number of thiophene rings is 1. The quantitative estimate of drug-likeness (QED) is 0.197. The number of pyridine rings is 1. The van der Waals surface area contributed by atoms with Crippen LogP contribution in [0, 0.1) is 0 Å². The number of hydrogen-bond donors (Lipinski definition) is 1. The van der Waals surface area contributed by atoms with Crippen LogP contribution in [0.5, 0.6) is 0 Å². The molecule has 4 aromatic rings. The van der Waals surface area contributed by atoms with Crippen molar-refractivity contribution in [2.45, 2.75) is 30.8 Å². The Hall–Kier alpha value is -3.30. The van der Waals surface area contributed by atoms with Crippen LogP contribution >= 0.6 is 23.1 Å². The van der Waals surface area contributed by atoms with Crippen molar-refractivity contribution < 1.29 is 4.79 Å². The fourth-order valence-corrected chi connectivity index (χ4v) is 5.98. The molecule has 0 fully saturated rings. The molecule has 0 spiro atoms. The molecule has 5 rings (SSSR count). The molecule has 0 aliphatic heterocycles. The van der Waals surface area contributed by atoms with Crippen molar-refractivity contribution in [3.63, 3.8) is 0 Å². The average Bonchev–Trinajstić information content (AvgIpc) is 3.23. The molecule has 9 heteroatoms. The highest BCUT2D eigenvalue weighted by Crippen LogP contribution is 2.35. The Morgan fingerprint density at radius 2 is 1.97 bits per heavy atom. The largest absolute Gasteiger partial charge is 0.272 e. The van der Waals surface area contributed by atoms with Gasteiger partial charge < -0.3 is 0 Å². The van der Waals surface area contributed by atoms with Gasteiger partial charge in [-0.2, -0.15) is 5.10 Å². The van der Waals surface area contributed by atoms with E-state index in [1.165, 1.54) is 22.9 Å². The van der Waals surface area contributed by atoms with Gasteiger partial charge in [0.15, 0.2) is 5.16 Å². The van der Waals surface area contributed by atoms with Crippen LogP contribution in [0.3, 0.4) is 0 Å². The van der Waals surface area contributed by atoms with Crippen LogP contribution in [0.1, 0.15) is 29.0 Å². The maximum Gasteiger partial charge on any atom is 0.267 e. The minimum atomic E-state index is -0.286. The van der Waals surface area contributed by atoms with E-state index in [1.54, 1.807) is 28.2 Å². The molecular weight excluding hydrogens is 454 g/mol. The molecule has 0 bridgehead atoms. The number of nitrogens with zero attached hydrogens (tertiary/aromatic N) is 4. The number of aromatic nitrogens is 3. The van der Waals surface area contributed by atoms with Gasteiger partial charge >= 0.3 is 0 Å². The van der Waals surface area contributed by atoms with Crippen molar-refractivity contribution >= 4 is 45.4 Å². The second-order valence-corrected chi connectivity index (χ2v) is 9.62. The molecule has 7 nitrogen and oxygen atoms in total. The number of carbonyl (C=O) groups is 1. The third-order valence-electron chi connectivity index (χ3n) is 5.38. The van der Waals surface area contributed by atoms with Crippen molar-refractivity contribution in [1.82, 2.24) is 20.0 Å². The molecule has 33 heavy (non-hydrogen) atoms. The normalized spacial score (nSPS) is 13.3. The maximum absolute atomic E-state index is 13.6. The second-order valence-electron chi connectivity index (χ2n) is 7.60. The summed E-state index contributed by atoms with van der Waals surface area (Å²) < 4.78 is 1.62. The van der Waals surface area contributed by atoms with Crippen molar-refractivity contribution in [1.29, 1.82) is 0 Å². The molecule has 3 heterocycles. The van der Waals surface area contributed by atoms with Crippen LogP contribution in [0.4, 0.5) is 0 Å². The van der Waals surface area contributed by atoms with Crippen LogP contribution in [0.2, 0.25) is 0 Å². The van der Waals surface area contributed by atoms with Gasteiger partial charge in [-0.15, -0.1) is 11.3 Å². The number of rotatable bonds is 6. The second kappa shape index (κ2) is 9.68. The van der Waals surface area contributed by atoms with Crippen molar-refractivity contribution in [2.75, 3.05) is 5.75 Å². The van der Waals surface area contributed by atoms with E-state index in [-0.39, 0.29) is 17.2 Å². The highest BCUT2D eigenvalue weighted by Gasteiger charge is 2.23. The SMILES string of the molecule is O=C(CSc1nc2sc3c(c2c(=O)n1-c1ccccc1)CCCC3)NN=Cc1ccccn1. The summed E-state index contributed by atoms with van der Waals surface area (Å²) in [7, 11) is 0. The average molecular weight is 476 g/mol. The lowest BCUT2D eigenvalue weighted by molar-refractivity contribution is -0.118. The van der Waals surface area contributed by atoms with Gasteiger partial charge in [0, 0.05) is 11.1 Å². The number of hydrazone groups is 1. The molecule has 0 atom stereocenters. The van der Waals surface area contributed by atoms with E-state index in [2.05, 4.69) is 15.5 Å². The van der Waals surface area contributed by atoms with Gasteiger partial charge in [-0.1, -0.05) is 36.0 Å². The molecule has 0 saturated heterocycles. The van der Waals surface area contributed by atoms with E-state index in [0.717, 1.165) is 47.2 Å². The van der Waals surface area contributed by atoms with E-state index in [9.17, 15) is 9.59 Å². The first-order chi connectivity index (χ1) is 16.2. The first-order valence-electron chi connectivity index (χ1n) is 10.7. The number of hydrogen-bond acceptors (Lipinski definition) is 7. The fraction of sp³-hybridized carbons (Fsp3) is 0.208. The molecular formula is C24H21N5O2S2. The van der Waals surface area contributed by atoms with Crippen molar-refractivity contribution in [2.24, 2.45) is 5.10 Å². The van der Waals surface area contributed by atoms with Crippen LogP contribution in [-0.4, -0.2) is 32.4 Å². The zero-order chi connectivity index (χ0) is 22.6. The van der Waals surface area contributed by atoms with Gasteiger partial charge in [0.1, 0.15) is 4.83 Å². The summed E-state index contributed by atoms with van der Waals surface area (Å²) in [6.07, 6.45) is 7.31. The highest BCUT2D eigenvalue weighted by molar-refractivity contribution is 7.99. The first kappa shape index (κ1) is 21.5. The number of amides is 1. The van der Waals surface area contributed by atoms with Crippen LogP contribution < -0.4 is 11.0 Å². The maximum atomic E-state index is 13.6. The van der Waals surface area contributed by atoms with Crippen LogP contribution in [-0.2, 0) is 17.6 Å². The lowest BCUT2D eigenvalue weighted by atomic mass is 9.97. The molecule has 1 aliphatic carbocycles. The number of carbonyl (C=O) groups excluding carboxylic acids is 1. The number of benzene rings is 1. The molecule has 0 radical (unpaired) electrons. The standard InChI is InChI=1S/C24H21N5O2S2/c30-20(28-26-14-16-8-6-7-13-25-16)15-32-24-27-22-21(18-11-4-5-12-19(18)33-22)23(31)29(24)17-9-2-1-3-10-17/h1-3,6-10,13-14H,4-5,11-12,15H2,(H,28,30). The number of nitrogens with one attached hydrogen (secondary N) is 1. The molecule has 0 unspecified atom stereocenters. The fourth-order valence-electron chi connectivity index (χ4n) is 3.87.